The van der Waals surface area contributed by atoms with E-state index in [2.05, 4.69) is 12.1 Å². The van der Waals surface area contributed by atoms with Crippen LogP contribution in [0, 0.1) is 0 Å². The van der Waals surface area contributed by atoms with Gasteiger partial charge in [0, 0.05) is 17.7 Å². The molecule has 6 rings (SSSR count). The van der Waals surface area contributed by atoms with E-state index >= 15 is 0 Å². The van der Waals surface area contributed by atoms with Crippen LogP contribution >= 0.6 is 0 Å². The number of pyridine rings is 1. The Hall–Kier alpha value is -6.90. The van der Waals surface area contributed by atoms with Crippen LogP contribution in [0.5, 0.6) is 0 Å². The van der Waals surface area contributed by atoms with E-state index in [4.69, 9.17) is 4.74 Å². The van der Waals surface area contributed by atoms with E-state index < -0.39 is 200 Å². The number of esters is 1. The lowest BCUT2D eigenvalue weighted by Crippen LogP contribution is -2.75. The van der Waals surface area contributed by atoms with Gasteiger partial charge in [-0.3, -0.25) is 0 Å². The summed E-state index contributed by atoms with van der Waals surface area (Å²) in [6, 6.07) is 4.96. The number of nitrogens with zero attached hydrogens (tertiary/aromatic N) is 1. The minimum absolute atomic E-state index is 0.288. The van der Waals surface area contributed by atoms with Crippen LogP contribution in [-0.4, -0.2) is 17.7 Å². The van der Waals surface area contributed by atoms with E-state index in [1.807, 2.05) is 55.9 Å². The van der Waals surface area contributed by atoms with Crippen molar-refractivity contribution in [3.8, 4) is 0 Å². The molecule has 1 heterocycles. The van der Waals surface area contributed by atoms with Gasteiger partial charge < -0.3 is 4.74 Å². The van der Waals surface area contributed by atoms with Gasteiger partial charge in [-0.15, -0.1) is 0 Å². The summed E-state index contributed by atoms with van der Waals surface area (Å²) in [7, 11) is 0. The summed E-state index contributed by atoms with van der Waals surface area (Å²) >= 11 is 0. The molecule has 0 aliphatic heterocycles. The quantitative estimate of drug-likeness (QED) is 0.0690. The van der Waals surface area contributed by atoms with Crippen molar-refractivity contribution < 1.29 is 119 Å². The minimum Gasteiger partial charge on any atom is -0.456 e. The number of hydrogen-bond acceptors (Lipinski definition) is 2. The maximum atomic E-state index is 14.2. The lowest BCUT2D eigenvalue weighted by Gasteiger charge is -2.46. The maximum absolute atomic E-state index is 14.2. The van der Waals surface area contributed by atoms with Gasteiger partial charge >= 0.3 is 55.4 Å². The summed E-state index contributed by atoms with van der Waals surface area (Å²) in [5, 5.41) is 0. The standard InChI is InChI=1S/C32H12BF24.C17H20NO2/c34-25(35,36)13-1-14(26(37,38)39)6-21(5-13)33(22-7-15(27(40,41)42)2-16(8-22)28(43,44)45,23-9-17(29(46,47)48)3-18(10-23)30(49,50)51)24-11-19(31(52,53)54)4-20(12-24)32(55,56)57;1-17(2,3)20-16(19)15-9-11-18(12-10-15)13-14-7-5-4-6-8-14/h1-12H;4-12H,13H2,1-3H3/q-1;+1. The Bertz CT molecular complexity index is 2630. The Morgan fingerprint density at radius 2 is 0.610 bits per heavy atom. The Morgan fingerprint density at radius 3 is 0.818 bits per heavy atom. The highest BCUT2D eigenvalue weighted by Crippen LogP contribution is 2.41. The summed E-state index contributed by atoms with van der Waals surface area (Å²) in [6.45, 7) is 6.38. The lowest BCUT2D eigenvalue weighted by molar-refractivity contribution is -0.688. The van der Waals surface area contributed by atoms with E-state index in [1.165, 1.54) is 5.56 Å². The second-order valence-corrected chi connectivity index (χ2v) is 18.0. The largest absolute Gasteiger partial charge is 0.456 e. The minimum atomic E-state index is -6.13. The van der Waals surface area contributed by atoms with Crippen molar-refractivity contribution in [1.29, 1.82) is 0 Å². The van der Waals surface area contributed by atoms with Gasteiger partial charge in [0.2, 0.25) is 0 Å². The number of carbonyl (C=O) groups excluding carboxylic acids is 1. The molecule has 0 spiro atoms. The maximum Gasteiger partial charge on any atom is 0.416 e. The van der Waals surface area contributed by atoms with Crippen LogP contribution in [-0.2, 0) is 60.7 Å². The first-order chi connectivity index (χ1) is 34.7. The molecule has 0 saturated heterocycles. The number of halogens is 24. The molecule has 0 aliphatic carbocycles. The summed E-state index contributed by atoms with van der Waals surface area (Å²) < 4.78 is 348. The van der Waals surface area contributed by atoms with Crippen LogP contribution in [0.1, 0.15) is 81.2 Å². The van der Waals surface area contributed by atoms with E-state index in [0.29, 0.717) is 5.56 Å². The topological polar surface area (TPSA) is 30.2 Å². The number of carbonyl (C=O) groups is 1. The summed E-state index contributed by atoms with van der Waals surface area (Å²) in [6.07, 6.45) is -51.0. The van der Waals surface area contributed by atoms with E-state index in [1.54, 1.807) is 12.1 Å². The highest BCUT2D eigenvalue weighted by Gasteiger charge is 2.47. The smallest absolute Gasteiger partial charge is 0.416 e. The van der Waals surface area contributed by atoms with Gasteiger partial charge in [0.15, 0.2) is 18.9 Å². The zero-order valence-corrected chi connectivity index (χ0v) is 38.7. The Balaban J connectivity index is 0.000000455. The fourth-order valence-electron chi connectivity index (χ4n) is 7.90. The highest BCUT2D eigenvalue weighted by molar-refractivity contribution is 7.20. The third-order valence-corrected chi connectivity index (χ3v) is 11.2. The van der Waals surface area contributed by atoms with Gasteiger partial charge in [0.25, 0.3) is 0 Å². The molecule has 5 aromatic carbocycles. The molecule has 0 radical (unpaired) electrons. The number of aromatic nitrogens is 1. The molecule has 28 heteroatoms. The van der Waals surface area contributed by atoms with Crippen molar-refractivity contribution in [3.05, 3.63) is 183 Å². The van der Waals surface area contributed by atoms with Crippen molar-refractivity contribution in [2.45, 2.75) is 82.3 Å². The molecule has 0 fully saturated rings. The van der Waals surface area contributed by atoms with Gasteiger partial charge in [-0.2, -0.15) is 127 Å². The summed E-state index contributed by atoms with van der Waals surface area (Å²) in [5.74, 6) is -0.288. The molecule has 0 amide bonds. The zero-order chi connectivity index (χ0) is 58.5. The van der Waals surface area contributed by atoms with Crippen molar-refractivity contribution in [3.63, 3.8) is 0 Å². The van der Waals surface area contributed by atoms with E-state index in [0.717, 1.165) is 6.54 Å². The first kappa shape index (κ1) is 61.0. The fraction of sp³-hybridized carbons (Fsp3) is 0.265. The molecule has 0 atom stereocenters. The van der Waals surface area contributed by atoms with Gasteiger partial charge in [0.1, 0.15) is 11.7 Å². The van der Waals surface area contributed by atoms with Crippen LogP contribution in [0.2, 0.25) is 0 Å². The average molecular weight is 1130 g/mol. The molecule has 0 saturated carbocycles. The predicted molar refractivity (Wildman–Crippen MR) is 227 cm³/mol. The fourth-order valence-corrected chi connectivity index (χ4v) is 7.90. The Labute approximate surface area is 418 Å². The van der Waals surface area contributed by atoms with Gasteiger partial charge in [0.05, 0.1) is 50.1 Å². The third kappa shape index (κ3) is 15.0. The molecule has 3 nitrogen and oxygen atoms in total. The highest BCUT2D eigenvalue weighted by atomic mass is 19.4. The molecule has 77 heavy (non-hydrogen) atoms. The lowest BCUT2D eigenvalue weighted by atomic mass is 9.12. The number of ether oxygens (including phenoxy) is 1. The van der Waals surface area contributed by atoms with Crippen molar-refractivity contribution in [2.24, 2.45) is 0 Å². The van der Waals surface area contributed by atoms with Crippen molar-refractivity contribution in [1.82, 2.24) is 0 Å². The van der Waals surface area contributed by atoms with E-state index in [-0.39, 0.29) is 5.97 Å². The molecular formula is C49H32BF24NO2. The van der Waals surface area contributed by atoms with Crippen molar-refractivity contribution >= 4 is 34.0 Å². The molecule has 416 valence electrons. The number of hydrogen-bond donors (Lipinski definition) is 0. The molecule has 0 N–H and O–H groups in total. The monoisotopic (exact) mass is 1130 g/mol. The molecule has 0 bridgehead atoms. The van der Waals surface area contributed by atoms with Crippen LogP contribution < -0.4 is 26.4 Å². The summed E-state index contributed by atoms with van der Waals surface area (Å²) in [4.78, 5) is 11.9. The van der Waals surface area contributed by atoms with Crippen molar-refractivity contribution in [2.75, 3.05) is 0 Å². The van der Waals surface area contributed by atoms with Crippen LogP contribution in [0.4, 0.5) is 105 Å². The first-order valence-corrected chi connectivity index (χ1v) is 21.3. The SMILES string of the molecule is CC(C)(C)OC(=O)c1cc[n+](Cc2ccccc2)cc1.FC(F)(F)c1cc([B-](c2cc(C(F)(F)F)cc(C(F)(F)F)c2)(c2cc(C(F)(F)F)cc(C(F)(F)F)c2)c2cc(C(F)(F)F)cc(C(F)(F)F)c2)cc(C(F)(F)F)c1. The van der Waals surface area contributed by atoms with E-state index in [9.17, 15) is 110 Å². The molecule has 1 aromatic heterocycles. The Kier molecular flexibility index (Phi) is 16.5. The van der Waals surface area contributed by atoms with Crippen LogP contribution in [0.25, 0.3) is 0 Å². The van der Waals surface area contributed by atoms with Crippen LogP contribution in [0.15, 0.2) is 128 Å². The number of rotatable bonds is 7. The summed E-state index contributed by atoms with van der Waals surface area (Å²) in [5.41, 5.74) is -28.9. The van der Waals surface area contributed by atoms with Gasteiger partial charge in [-0.1, -0.05) is 78.9 Å². The molecule has 0 aliphatic rings. The molecule has 6 aromatic rings. The van der Waals surface area contributed by atoms with Crippen LogP contribution in [0.3, 0.4) is 0 Å². The van der Waals surface area contributed by atoms with Gasteiger partial charge in [-0.25, -0.2) is 9.36 Å². The average Bonchev–Trinajstić information content (AvgIpc) is 3.27. The second-order valence-electron chi connectivity index (χ2n) is 18.0. The first-order valence-electron chi connectivity index (χ1n) is 21.3. The molecule has 0 unspecified atom stereocenters. The molecular weight excluding hydrogens is 1100 g/mol. The number of alkyl halides is 24. The third-order valence-electron chi connectivity index (χ3n) is 11.2. The number of benzene rings is 5. The zero-order valence-electron chi connectivity index (χ0n) is 38.7. The Morgan fingerprint density at radius 1 is 0.377 bits per heavy atom. The normalized spacial score (nSPS) is 13.5. The second kappa shape index (κ2) is 20.8. The predicted octanol–water partition coefficient (Wildman–Crippen LogP) is 14.2. The van der Waals surface area contributed by atoms with Gasteiger partial charge in [-0.05, 0) is 45.0 Å².